The molecule has 1 aliphatic rings. The summed E-state index contributed by atoms with van der Waals surface area (Å²) in [4.78, 5) is 0. The molecule has 1 N–H and O–H groups in total. The molecule has 4 nitrogen and oxygen atoms in total. The predicted molar refractivity (Wildman–Crippen MR) is 51.4 cm³/mol. The number of aliphatic hydroxyl groups is 1. The van der Waals surface area contributed by atoms with Crippen molar-refractivity contribution in [2.24, 2.45) is 0 Å². The lowest BCUT2D eigenvalue weighted by Gasteiger charge is -2.13. The van der Waals surface area contributed by atoms with Gasteiger partial charge in [-0.3, -0.25) is 0 Å². The van der Waals surface area contributed by atoms with Gasteiger partial charge in [-0.05, 0) is 19.1 Å². The van der Waals surface area contributed by atoms with Crippen LogP contribution in [0.25, 0.3) is 0 Å². The maximum atomic E-state index is 8.97. The van der Waals surface area contributed by atoms with Gasteiger partial charge in [0.2, 0.25) is 0 Å². The summed E-state index contributed by atoms with van der Waals surface area (Å²) in [5.41, 5.74) is 0. The molecule has 1 heterocycles. The molecule has 5 heteroatoms. The minimum absolute atomic E-state index is 0.0234. The molecule has 0 saturated heterocycles. The van der Waals surface area contributed by atoms with Gasteiger partial charge in [0.1, 0.15) is 12.9 Å². The summed E-state index contributed by atoms with van der Waals surface area (Å²) in [6.45, 7) is 0.904. The van der Waals surface area contributed by atoms with E-state index in [0.717, 1.165) is 6.54 Å². The van der Waals surface area contributed by atoms with E-state index >= 15 is 0 Å². The van der Waals surface area contributed by atoms with Crippen molar-refractivity contribution in [1.29, 1.82) is 0 Å². The van der Waals surface area contributed by atoms with Gasteiger partial charge in [-0.25, -0.2) is 0 Å². The minimum Gasteiger partial charge on any atom is -0.388 e. The van der Waals surface area contributed by atoms with Crippen LogP contribution in [0.4, 0.5) is 0 Å². The topological polar surface area (TPSA) is 50.9 Å². The largest absolute Gasteiger partial charge is 0.388 e. The van der Waals surface area contributed by atoms with Gasteiger partial charge in [0.05, 0.1) is 0 Å². The molecule has 0 aromatic carbocycles. The van der Waals surface area contributed by atoms with E-state index in [1.807, 2.05) is 16.3 Å². The van der Waals surface area contributed by atoms with Crippen molar-refractivity contribution in [3.8, 4) is 0 Å². The molecule has 1 aromatic rings. The van der Waals surface area contributed by atoms with Crippen molar-refractivity contribution < 1.29 is 5.11 Å². The fourth-order valence-corrected chi connectivity index (χ4v) is 2.19. The number of hydrogen-bond donors (Lipinski definition) is 1. The quantitative estimate of drug-likeness (QED) is 0.774. The van der Waals surface area contributed by atoms with E-state index in [2.05, 4.69) is 16.5 Å². The highest BCUT2D eigenvalue weighted by atomic mass is 32.2. The molecule has 13 heavy (non-hydrogen) atoms. The highest BCUT2D eigenvalue weighted by Crippen LogP contribution is 2.48. The molecule has 1 aromatic heterocycles. The van der Waals surface area contributed by atoms with Crippen molar-refractivity contribution in [2.75, 3.05) is 6.26 Å². The van der Waals surface area contributed by atoms with Crippen molar-refractivity contribution in [3.05, 3.63) is 12.2 Å². The Morgan fingerprint density at radius 1 is 1.69 bits per heavy atom. The predicted octanol–water partition coefficient (Wildman–Crippen LogP) is 0.666. The highest BCUT2D eigenvalue weighted by molar-refractivity contribution is 8.00. The number of hydrogen-bond acceptors (Lipinski definition) is 4. The molecule has 2 rings (SSSR count). The maximum Gasteiger partial charge on any atom is 0.158 e. The highest BCUT2D eigenvalue weighted by Gasteiger charge is 2.42. The van der Waals surface area contributed by atoms with Crippen LogP contribution in [-0.2, 0) is 13.2 Å². The van der Waals surface area contributed by atoms with Gasteiger partial charge in [0, 0.05) is 11.3 Å². The Balaban J connectivity index is 2.09. The lowest BCUT2D eigenvalue weighted by atomic mass is 10.4. The third-order valence-electron chi connectivity index (χ3n) is 2.54. The number of nitrogens with zero attached hydrogens (tertiary/aromatic N) is 3. The minimum atomic E-state index is -0.0234. The summed E-state index contributed by atoms with van der Waals surface area (Å²) < 4.78 is 2.34. The lowest BCUT2D eigenvalue weighted by Crippen LogP contribution is -2.15. The van der Waals surface area contributed by atoms with E-state index in [1.165, 1.54) is 12.8 Å². The van der Waals surface area contributed by atoms with Gasteiger partial charge in [-0.2, -0.15) is 11.8 Å². The van der Waals surface area contributed by atoms with E-state index in [0.29, 0.717) is 10.6 Å². The van der Waals surface area contributed by atoms with Crippen LogP contribution in [0.15, 0.2) is 6.33 Å². The molecular weight excluding hydrogens is 186 g/mol. The second-order valence-electron chi connectivity index (χ2n) is 3.42. The van der Waals surface area contributed by atoms with Gasteiger partial charge in [-0.15, -0.1) is 10.2 Å². The average Bonchev–Trinajstić information content (AvgIpc) is 2.78. The molecule has 1 aliphatic carbocycles. The first kappa shape index (κ1) is 9.02. The summed E-state index contributed by atoms with van der Waals surface area (Å²) in [6, 6.07) is 0. The Labute approximate surface area is 81.4 Å². The first-order valence-corrected chi connectivity index (χ1v) is 5.55. The number of thioether (sulfide) groups is 1. The zero-order valence-corrected chi connectivity index (χ0v) is 8.42. The van der Waals surface area contributed by atoms with E-state index in [1.54, 1.807) is 6.33 Å². The first-order chi connectivity index (χ1) is 6.29. The average molecular weight is 199 g/mol. The van der Waals surface area contributed by atoms with Crippen molar-refractivity contribution in [1.82, 2.24) is 14.8 Å². The summed E-state index contributed by atoms with van der Waals surface area (Å²) in [7, 11) is 0. The second-order valence-corrected chi connectivity index (χ2v) is 4.69. The summed E-state index contributed by atoms with van der Waals surface area (Å²) in [5, 5.41) is 16.6. The van der Waals surface area contributed by atoms with Gasteiger partial charge >= 0.3 is 0 Å². The van der Waals surface area contributed by atoms with Gasteiger partial charge in [0.25, 0.3) is 0 Å². The summed E-state index contributed by atoms with van der Waals surface area (Å²) >= 11 is 1.90. The molecule has 0 spiro atoms. The first-order valence-electron chi connectivity index (χ1n) is 4.32. The van der Waals surface area contributed by atoms with E-state index in [-0.39, 0.29) is 6.61 Å². The normalized spacial score (nSPS) is 18.9. The van der Waals surface area contributed by atoms with Crippen LogP contribution in [0.2, 0.25) is 0 Å². The third kappa shape index (κ3) is 1.71. The van der Waals surface area contributed by atoms with Crippen LogP contribution >= 0.6 is 11.8 Å². The molecule has 1 fully saturated rings. The SMILES string of the molecule is CSC1(Cn2cnnc2CO)CC1. The molecule has 1 saturated carbocycles. The van der Waals surface area contributed by atoms with Crippen molar-refractivity contribution >= 4 is 11.8 Å². The van der Waals surface area contributed by atoms with Crippen LogP contribution < -0.4 is 0 Å². The number of aliphatic hydroxyl groups excluding tert-OH is 1. The molecule has 0 unspecified atom stereocenters. The van der Waals surface area contributed by atoms with Gasteiger partial charge in [0.15, 0.2) is 5.82 Å². The standard InChI is InChI=1S/C8H13N3OS/c1-13-8(2-3-8)5-11-6-9-10-7(11)4-12/h6,12H,2-5H2,1H3. The third-order valence-corrected chi connectivity index (χ3v) is 3.94. The fourth-order valence-electron chi connectivity index (χ4n) is 1.41. The van der Waals surface area contributed by atoms with Crippen molar-refractivity contribution in [3.63, 3.8) is 0 Å². The maximum absolute atomic E-state index is 8.97. The van der Waals surface area contributed by atoms with Crippen LogP contribution in [-0.4, -0.2) is 30.9 Å². The van der Waals surface area contributed by atoms with Crippen LogP contribution in [0, 0.1) is 0 Å². The molecule has 0 amide bonds. The molecule has 0 radical (unpaired) electrons. The van der Waals surface area contributed by atoms with E-state index in [4.69, 9.17) is 5.11 Å². The van der Waals surface area contributed by atoms with Crippen molar-refractivity contribution in [2.45, 2.75) is 30.7 Å². The molecular formula is C8H13N3OS. The Bertz CT molecular complexity index is 295. The Kier molecular flexibility index (Phi) is 2.29. The molecule has 0 bridgehead atoms. The summed E-state index contributed by atoms with van der Waals surface area (Å²) in [6.07, 6.45) is 6.35. The monoisotopic (exact) mass is 199 g/mol. The summed E-state index contributed by atoms with van der Waals surface area (Å²) in [5.74, 6) is 0.667. The molecule has 72 valence electrons. The Morgan fingerprint density at radius 3 is 3.00 bits per heavy atom. The zero-order chi connectivity index (χ0) is 9.31. The van der Waals surface area contributed by atoms with Gasteiger partial charge < -0.3 is 9.67 Å². The second kappa shape index (κ2) is 3.31. The van der Waals surface area contributed by atoms with Crippen LogP contribution in [0.5, 0.6) is 0 Å². The lowest BCUT2D eigenvalue weighted by molar-refractivity contribution is 0.264. The zero-order valence-electron chi connectivity index (χ0n) is 7.60. The van der Waals surface area contributed by atoms with E-state index < -0.39 is 0 Å². The Hall–Kier alpha value is -0.550. The molecule has 0 aliphatic heterocycles. The smallest absolute Gasteiger partial charge is 0.158 e. The number of aromatic nitrogens is 3. The number of rotatable bonds is 4. The van der Waals surface area contributed by atoms with Crippen LogP contribution in [0.1, 0.15) is 18.7 Å². The Morgan fingerprint density at radius 2 is 2.46 bits per heavy atom. The van der Waals surface area contributed by atoms with Crippen LogP contribution in [0.3, 0.4) is 0 Å². The molecule has 0 atom stereocenters. The fraction of sp³-hybridized carbons (Fsp3) is 0.750. The van der Waals surface area contributed by atoms with Gasteiger partial charge in [-0.1, -0.05) is 0 Å². The van der Waals surface area contributed by atoms with E-state index in [9.17, 15) is 0 Å².